The molecule has 0 saturated heterocycles. The van der Waals surface area contributed by atoms with Gasteiger partial charge in [0.25, 0.3) is 10.0 Å². The van der Waals surface area contributed by atoms with Crippen LogP contribution >= 0.6 is 23.2 Å². The van der Waals surface area contributed by atoms with Crippen molar-refractivity contribution in [3.63, 3.8) is 0 Å². The molecule has 0 aliphatic carbocycles. The van der Waals surface area contributed by atoms with E-state index >= 15 is 0 Å². The van der Waals surface area contributed by atoms with Crippen molar-refractivity contribution >= 4 is 50.7 Å². The highest BCUT2D eigenvalue weighted by molar-refractivity contribution is 7.92. The molecule has 1 atom stereocenters. The Bertz CT molecular complexity index is 1420. The number of carbonyl (C=O) groups excluding carboxylic acids is 2. The number of rotatable bonds is 11. The van der Waals surface area contributed by atoms with E-state index in [1.54, 1.807) is 49.4 Å². The van der Waals surface area contributed by atoms with Crippen LogP contribution < -0.4 is 9.62 Å². The van der Waals surface area contributed by atoms with E-state index in [1.807, 2.05) is 13.8 Å². The van der Waals surface area contributed by atoms with Gasteiger partial charge < -0.3 is 10.2 Å². The summed E-state index contributed by atoms with van der Waals surface area (Å²) < 4.78 is 42.2. The van der Waals surface area contributed by atoms with Gasteiger partial charge in [-0.1, -0.05) is 73.4 Å². The third-order valence-corrected chi connectivity index (χ3v) is 8.40. The third kappa shape index (κ3) is 7.71. The normalized spacial score (nSPS) is 12.2. The minimum atomic E-state index is -4.28. The number of anilines is 1. The molecule has 3 aromatic rings. The van der Waals surface area contributed by atoms with Gasteiger partial charge in [-0.2, -0.15) is 0 Å². The van der Waals surface area contributed by atoms with E-state index in [0.717, 1.165) is 16.4 Å². The van der Waals surface area contributed by atoms with Gasteiger partial charge in [0, 0.05) is 18.1 Å². The van der Waals surface area contributed by atoms with Crippen LogP contribution in [0.4, 0.5) is 10.1 Å². The third-order valence-electron chi connectivity index (χ3n) is 5.95. The summed E-state index contributed by atoms with van der Waals surface area (Å²) in [7, 11) is -4.28. The Morgan fingerprint density at radius 2 is 1.56 bits per heavy atom. The average Bonchev–Trinajstić information content (AvgIpc) is 2.91. The van der Waals surface area contributed by atoms with Crippen LogP contribution in [0.3, 0.4) is 0 Å². The smallest absolute Gasteiger partial charge is 0.264 e. The first kappa shape index (κ1) is 30.4. The van der Waals surface area contributed by atoms with E-state index in [1.165, 1.54) is 23.1 Å². The highest BCUT2D eigenvalue weighted by atomic mass is 35.5. The van der Waals surface area contributed by atoms with Crippen LogP contribution in [0.15, 0.2) is 77.7 Å². The summed E-state index contributed by atoms with van der Waals surface area (Å²) in [6.45, 7) is 5.13. The molecule has 11 heteroatoms. The largest absolute Gasteiger partial charge is 0.354 e. The molecule has 0 saturated carbocycles. The molecule has 0 radical (unpaired) electrons. The summed E-state index contributed by atoms with van der Waals surface area (Å²) in [5, 5.41) is 2.91. The molecule has 0 bridgehead atoms. The zero-order chi connectivity index (χ0) is 28.7. The number of amides is 2. The molecule has 0 aromatic heterocycles. The number of carbonyl (C=O) groups is 2. The number of nitrogens with one attached hydrogen (secondary N) is 1. The standard InChI is InChI=1S/C28H30Cl2FN3O4S/c1-19(2)16-32-28(36)20(3)33(17-21-9-7-8-12-24(21)29)27(35)18-34(22-13-14-26(31)25(30)15-22)39(37,38)23-10-5-4-6-11-23/h4-15,19-20H,16-18H2,1-3H3,(H,32,36)/t20-/m0/s1. The summed E-state index contributed by atoms with van der Waals surface area (Å²) in [6, 6.07) is 16.9. The lowest BCUT2D eigenvalue weighted by atomic mass is 10.1. The fourth-order valence-electron chi connectivity index (χ4n) is 3.73. The Morgan fingerprint density at radius 3 is 2.18 bits per heavy atom. The maximum atomic E-state index is 13.9. The second-order valence-corrected chi connectivity index (χ2v) is 12.0. The molecule has 0 spiro atoms. The lowest BCUT2D eigenvalue weighted by Gasteiger charge is -2.32. The Hall–Kier alpha value is -3.14. The molecule has 2 amide bonds. The Morgan fingerprint density at radius 1 is 0.923 bits per heavy atom. The van der Waals surface area contributed by atoms with Gasteiger partial charge in [-0.25, -0.2) is 12.8 Å². The first-order valence-corrected chi connectivity index (χ1v) is 14.4. The van der Waals surface area contributed by atoms with Gasteiger partial charge in [-0.3, -0.25) is 13.9 Å². The topological polar surface area (TPSA) is 86.8 Å². The molecule has 0 fully saturated rings. The fraction of sp³-hybridized carbons (Fsp3) is 0.286. The average molecular weight is 595 g/mol. The predicted octanol–water partition coefficient (Wildman–Crippen LogP) is 5.52. The molecule has 1 N–H and O–H groups in total. The first-order chi connectivity index (χ1) is 18.4. The lowest BCUT2D eigenvalue weighted by Crippen LogP contribution is -2.51. The molecule has 3 aromatic carbocycles. The van der Waals surface area contributed by atoms with Crippen LogP contribution in [-0.4, -0.2) is 44.3 Å². The van der Waals surface area contributed by atoms with Gasteiger partial charge in [0.05, 0.1) is 15.6 Å². The molecule has 0 unspecified atom stereocenters. The number of sulfonamides is 1. The van der Waals surface area contributed by atoms with Gasteiger partial charge in [0.1, 0.15) is 18.4 Å². The fourth-order valence-corrected chi connectivity index (χ4v) is 5.53. The van der Waals surface area contributed by atoms with Crippen LogP contribution in [-0.2, 0) is 26.2 Å². The van der Waals surface area contributed by atoms with Crippen molar-refractivity contribution in [1.29, 1.82) is 0 Å². The van der Waals surface area contributed by atoms with Crippen molar-refractivity contribution in [2.45, 2.75) is 38.3 Å². The molecule has 0 heterocycles. The molecule has 39 heavy (non-hydrogen) atoms. The van der Waals surface area contributed by atoms with Crippen LogP contribution in [0.5, 0.6) is 0 Å². The van der Waals surface area contributed by atoms with Crippen LogP contribution in [0, 0.1) is 11.7 Å². The van der Waals surface area contributed by atoms with Crippen molar-refractivity contribution in [1.82, 2.24) is 10.2 Å². The van der Waals surface area contributed by atoms with Gasteiger partial charge in [-0.15, -0.1) is 0 Å². The molecule has 3 rings (SSSR count). The number of halogens is 3. The van der Waals surface area contributed by atoms with Crippen molar-refractivity contribution in [3.05, 3.63) is 94.2 Å². The van der Waals surface area contributed by atoms with Crippen LogP contribution in [0.1, 0.15) is 26.3 Å². The van der Waals surface area contributed by atoms with Crippen LogP contribution in [0.25, 0.3) is 0 Å². The van der Waals surface area contributed by atoms with Gasteiger partial charge in [0.15, 0.2) is 0 Å². The number of benzene rings is 3. The second kappa shape index (κ2) is 13.3. The monoisotopic (exact) mass is 593 g/mol. The Labute approximate surface area is 238 Å². The summed E-state index contributed by atoms with van der Waals surface area (Å²) in [6.07, 6.45) is 0. The number of hydrogen-bond acceptors (Lipinski definition) is 4. The second-order valence-electron chi connectivity index (χ2n) is 9.35. The van der Waals surface area contributed by atoms with Crippen molar-refractivity contribution in [2.75, 3.05) is 17.4 Å². The van der Waals surface area contributed by atoms with Gasteiger partial charge in [-0.05, 0) is 54.8 Å². The highest BCUT2D eigenvalue weighted by Gasteiger charge is 2.33. The van der Waals surface area contributed by atoms with Gasteiger partial charge >= 0.3 is 0 Å². The molecule has 0 aliphatic heterocycles. The maximum absolute atomic E-state index is 13.9. The SMILES string of the molecule is CC(C)CNC(=O)[C@H](C)N(Cc1ccccc1Cl)C(=O)CN(c1ccc(F)c(Cl)c1)S(=O)(=O)c1ccccc1. The number of nitrogens with zero attached hydrogens (tertiary/aromatic N) is 2. The number of hydrogen-bond donors (Lipinski definition) is 1. The van der Waals surface area contributed by atoms with Crippen molar-refractivity contribution < 1.29 is 22.4 Å². The van der Waals surface area contributed by atoms with Crippen molar-refractivity contribution in [3.8, 4) is 0 Å². The molecule has 0 aliphatic rings. The summed E-state index contributed by atoms with van der Waals surface area (Å²) in [4.78, 5) is 28.0. The molecular formula is C28H30Cl2FN3O4S. The van der Waals surface area contributed by atoms with Crippen molar-refractivity contribution in [2.24, 2.45) is 5.92 Å². The van der Waals surface area contributed by atoms with E-state index in [0.29, 0.717) is 17.1 Å². The van der Waals surface area contributed by atoms with E-state index in [-0.39, 0.29) is 28.1 Å². The van der Waals surface area contributed by atoms with Gasteiger partial charge in [0.2, 0.25) is 11.8 Å². The van der Waals surface area contributed by atoms with E-state index < -0.39 is 40.2 Å². The lowest BCUT2D eigenvalue weighted by molar-refractivity contribution is -0.139. The van der Waals surface area contributed by atoms with E-state index in [2.05, 4.69) is 5.32 Å². The Balaban J connectivity index is 2.03. The quantitative estimate of drug-likeness (QED) is 0.317. The summed E-state index contributed by atoms with van der Waals surface area (Å²) in [5.41, 5.74) is 0.575. The summed E-state index contributed by atoms with van der Waals surface area (Å²) >= 11 is 12.3. The minimum Gasteiger partial charge on any atom is -0.354 e. The zero-order valence-electron chi connectivity index (χ0n) is 21.8. The zero-order valence-corrected chi connectivity index (χ0v) is 24.1. The van der Waals surface area contributed by atoms with E-state index in [4.69, 9.17) is 23.2 Å². The molecular weight excluding hydrogens is 564 g/mol. The maximum Gasteiger partial charge on any atom is 0.264 e. The van der Waals surface area contributed by atoms with Crippen LogP contribution in [0.2, 0.25) is 10.0 Å². The minimum absolute atomic E-state index is 0.00629. The molecule has 208 valence electrons. The highest BCUT2D eigenvalue weighted by Crippen LogP contribution is 2.28. The van der Waals surface area contributed by atoms with E-state index in [9.17, 15) is 22.4 Å². The summed E-state index contributed by atoms with van der Waals surface area (Å²) in [5.74, 6) is -1.61. The molecule has 7 nitrogen and oxygen atoms in total. The first-order valence-electron chi connectivity index (χ1n) is 12.2. The predicted molar refractivity (Wildman–Crippen MR) is 152 cm³/mol. The Kier molecular flexibility index (Phi) is 10.4.